The zero-order valence-electron chi connectivity index (χ0n) is 28.3. The van der Waals surface area contributed by atoms with E-state index in [1.165, 1.54) is 35.2 Å². The van der Waals surface area contributed by atoms with E-state index in [0.717, 1.165) is 11.6 Å². The molecule has 1 saturated heterocycles. The van der Waals surface area contributed by atoms with Gasteiger partial charge >= 0.3 is 0 Å². The molecule has 1 aliphatic carbocycles. The number of hydrogen-bond acceptors (Lipinski definition) is 9. The van der Waals surface area contributed by atoms with Gasteiger partial charge in [0, 0.05) is 35.4 Å². The van der Waals surface area contributed by atoms with Crippen LogP contribution in [0.1, 0.15) is 12.8 Å². The summed E-state index contributed by atoms with van der Waals surface area (Å²) in [5, 5.41) is 5.86. The second-order valence-corrected chi connectivity index (χ2v) is 14.2. The van der Waals surface area contributed by atoms with E-state index in [0.29, 0.717) is 28.1 Å². The number of aromatic nitrogens is 1. The first-order chi connectivity index (χ1) is 25.0. The van der Waals surface area contributed by atoms with Gasteiger partial charge in [0.25, 0.3) is 15.9 Å². The highest BCUT2D eigenvalue weighted by molar-refractivity contribution is 7.90. The summed E-state index contributed by atoms with van der Waals surface area (Å²) in [5.41, 5.74) is 0.461. The van der Waals surface area contributed by atoms with Gasteiger partial charge in [0.15, 0.2) is 0 Å². The van der Waals surface area contributed by atoms with Crippen LogP contribution < -0.4 is 24.8 Å². The van der Waals surface area contributed by atoms with Crippen molar-refractivity contribution < 1.29 is 37.1 Å². The van der Waals surface area contributed by atoms with Crippen LogP contribution >= 0.6 is 0 Å². The molecule has 2 aliphatic rings. The van der Waals surface area contributed by atoms with Crippen molar-refractivity contribution in [3.63, 3.8) is 0 Å². The van der Waals surface area contributed by atoms with E-state index in [-0.39, 0.29) is 24.3 Å². The van der Waals surface area contributed by atoms with E-state index in [1.807, 2.05) is 36.4 Å². The van der Waals surface area contributed by atoms with Crippen molar-refractivity contribution in [1.82, 2.24) is 25.2 Å². The minimum absolute atomic E-state index is 0.0202. The van der Waals surface area contributed by atoms with Crippen molar-refractivity contribution in [2.24, 2.45) is 5.92 Å². The molecule has 14 heteroatoms. The Kier molecular flexibility index (Phi) is 10.1. The summed E-state index contributed by atoms with van der Waals surface area (Å²) in [6.45, 7) is 6.70. The summed E-state index contributed by atoms with van der Waals surface area (Å²) in [4.78, 5) is 59.1. The summed E-state index contributed by atoms with van der Waals surface area (Å²) in [6, 6.07) is 22.9. The van der Waals surface area contributed by atoms with Crippen molar-refractivity contribution in [3.8, 4) is 22.8 Å². The lowest BCUT2D eigenvalue weighted by molar-refractivity contribution is -0.139. The largest absolute Gasteiger partial charge is 0.497 e. The minimum Gasteiger partial charge on any atom is -0.497 e. The molecular weight excluding hydrogens is 687 g/mol. The number of sulfonamides is 1. The molecule has 1 aliphatic heterocycles. The molecule has 268 valence electrons. The van der Waals surface area contributed by atoms with Crippen LogP contribution in [-0.2, 0) is 29.2 Å². The molecule has 3 N–H and O–H groups in total. The standard InChI is InChI=1S/C38H37N5O8S/c1-4-25-21-38(25,37(47)42-52(48,49)28-14-10-7-11-15-28)41-36(46)32-19-27(23-43(32)35(45)22-39-34(44)5-2)51-33-20-30(24-12-8-6-9-13-24)40-31-18-26(50-3)16-17-29(31)33/h4-18,20,25,27,32H,1-2,19,21-23H2,3H3,(H,39,44)(H,41,46)(H,42,47)/t25-,27-,32+,38-/m1/s1. The lowest BCUT2D eigenvalue weighted by Gasteiger charge is -2.26. The summed E-state index contributed by atoms with van der Waals surface area (Å²) in [5.74, 6) is -2.28. The number of fused-ring (bicyclic) bond motifs is 1. The number of pyridine rings is 1. The quantitative estimate of drug-likeness (QED) is 0.138. The van der Waals surface area contributed by atoms with Gasteiger partial charge in [-0.2, -0.15) is 0 Å². The van der Waals surface area contributed by atoms with Crippen LogP contribution in [0.5, 0.6) is 11.5 Å². The third-order valence-electron chi connectivity index (χ3n) is 9.16. The van der Waals surface area contributed by atoms with E-state index in [9.17, 15) is 27.6 Å². The Labute approximate surface area is 300 Å². The number of amides is 4. The van der Waals surface area contributed by atoms with Crippen LogP contribution in [-0.4, -0.2) is 79.8 Å². The van der Waals surface area contributed by atoms with Crippen LogP contribution in [0.25, 0.3) is 22.2 Å². The highest BCUT2D eigenvalue weighted by Gasteiger charge is 2.61. The normalized spacial score (nSPS) is 20.7. The molecule has 1 aromatic heterocycles. The molecule has 13 nitrogen and oxygen atoms in total. The maximum atomic E-state index is 14.1. The smallest absolute Gasteiger partial charge is 0.264 e. The maximum Gasteiger partial charge on any atom is 0.264 e. The van der Waals surface area contributed by atoms with Gasteiger partial charge in [-0.15, -0.1) is 6.58 Å². The monoisotopic (exact) mass is 723 g/mol. The number of nitrogens with one attached hydrogen (secondary N) is 3. The van der Waals surface area contributed by atoms with Gasteiger partial charge in [0.2, 0.25) is 17.7 Å². The molecule has 0 unspecified atom stereocenters. The van der Waals surface area contributed by atoms with Crippen molar-refractivity contribution in [3.05, 3.63) is 110 Å². The van der Waals surface area contributed by atoms with Gasteiger partial charge in [0.05, 0.1) is 36.3 Å². The molecule has 6 rings (SSSR count). The topological polar surface area (TPSA) is 173 Å². The highest BCUT2D eigenvalue weighted by Crippen LogP contribution is 2.45. The molecule has 3 aromatic carbocycles. The summed E-state index contributed by atoms with van der Waals surface area (Å²) < 4.78 is 40.1. The number of benzene rings is 3. The number of carbonyl (C=O) groups excluding carboxylic acids is 4. The van der Waals surface area contributed by atoms with Crippen LogP contribution in [0, 0.1) is 5.92 Å². The number of carbonyl (C=O) groups is 4. The lowest BCUT2D eigenvalue weighted by Crippen LogP contribution is -2.56. The maximum absolute atomic E-state index is 14.1. The fourth-order valence-electron chi connectivity index (χ4n) is 6.29. The Balaban J connectivity index is 1.28. The Morgan fingerprint density at radius 2 is 1.71 bits per heavy atom. The Morgan fingerprint density at radius 3 is 2.37 bits per heavy atom. The van der Waals surface area contributed by atoms with Crippen LogP contribution in [0.3, 0.4) is 0 Å². The third-order valence-corrected chi connectivity index (χ3v) is 10.5. The van der Waals surface area contributed by atoms with Crippen LogP contribution in [0.4, 0.5) is 0 Å². The van der Waals surface area contributed by atoms with Gasteiger partial charge in [0.1, 0.15) is 29.2 Å². The molecule has 0 radical (unpaired) electrons. The molecule has 52 heavy (non-hydrogen) atoms. The number of hydrogen-bond donors (Lipinski definition) is 3. The molecule has 2 fully saturated rings. The zero-order valence-corrected chi connectivity index (χ0v) is 29.1. The van der Waals surface area contributed by atoms with Crippen LogP contribution in [0.2, 0.25) is 0 Å². The van der Waals surface area contributed by atoms with Crippen molar-refractivity contribution in [2.75, 3.05) is 20.2 Å². The highest BCUT2D eigenvalue weighted by atomic mass is 32.2. The van der Waals surface area contributed by atoms with Gasteiger partial charge in [-0.05, 0) is 36.8 Å². The van der Waals surface area contributed by atoms with E-state index in [4.69, 9.17) is 14.5 Å². The number of ether oxygens (including phenoxy) is 2. The molecule has 4 atom stereocenters. The molecule has 4 aromatic rings. The molecule has 0 bridgehead atoms. The Hall–Kier alpha value is -6.02. The van der Waals surface area contributed by atoms with Crippen molar-refractivity contribution in [1.29, 1.82) is 0 Å². The van der Waals surface area contributed by atoms with E-state index in [2.05, 4.69) is 28.5 Å². The van der Waals surface area contributed by atoms with Gasteiger partial charge in [-0.1, -0.05) is 61.2 Å². The predicted octanol–water partition coefficient (Wildman–Crippen LogP) is 3.13. The molecule has 4 amide bonds. The van der Waals surface area contributed by atoms with Gasteiger partial charge < -0.3 is 25.0 Å². The molecule has 2 heterocycles. The summed E-state index contributed by atoms with van der Waals surface area (Å²) >= 11 is 0. The first kappa shape index (κ1) is 35.8. The van der Waals surface area contributed by atoms with Gasteiger partial charge in [-0.25, -0.2) is 18.1 Å². The SMILES string of the molecule is C=CC(=O)NCC(=O)N1C[C@H](Oc2cc(-c3ccccc3)nc3cc(OC)ccc23)C[C@H]1C(=O)N[C@]1(C(=O)NS(=O)(=O)c2ccccc2)C[C@H]1C=C. The van der Waals surface area contributed by atoms with E-state index in [1.54, 1.807) is 31.4 Å². The van der Waals surface area contributed by atoms with Crippen molar-refractivity contribution in [2.45, 2.75) is 35.4 Å². The second-order valence-electron chi connectivity index (χ2n) is 12.5. The van der Waals surface area contributed by atoms with Gasteiger partial charge in [-0.3, -0.25) is 19.2 Å². The number of likely N-dealkylation sites (tertiary alicyclic amines) is 1. The Morgan fingerprint density at radius 1 is 1.00 bits per heavy atom. The minimum atomic E-state index is -4.25. The lowest BCUT2D eigenvalue weighted by atomic mass is 10.1. The number of nitrogens with zero attached hydrogens (tertiary/aromatic N) is 2. The molecular formula is C38H37N5O8S. The Bertz CT molecular complexity index is 2160. The molecule has 0 spiro atoms. The van der Waals surface area contributed by atoms with Crippen LogP contribution in [0.15, 0.2) is 115 Å². The fraction of sp³-hybridized carbons (Fsp3) is 0.237. The number of methoxy groups -OCH3 is 1. The average Bonchev–Trinajstić information content (AvgIpc) is 3.72. The predicted molar refractivity (Wildman–Crippen MR) is 192 cm³/mol. The molecule has 1 saturated carbocycles. The fourth-order valence-corrected chi connectivity index (χ4v) is 7.35. The van der Waals surface area contributed by atoms with Crippen molar-refractivity contribution >= 4 is 44.6 Å². The summed E-state index contributed by atoms with van der Waals surface area (Å²) in [7, 11) is -2.70. The van der Waals surface area contributed by atoms with E-state index < -0.39 is 63.8 Å². The third kappa shape index (κ3) is 7.37. The van der Waals surface area contributed by atoms with E-state index >= 15 is 0 Å². The zero-order chi connectivity index (χ0) is 37.0. The first-order valence-corrected chi connectivity index (χ1v) is 17.9. The number of rotatable bonds is 13. The second kappa shape index (κ2) is 14.7. The first-order valence-electron chi connectivity index (χ1n) is 16.5. The average molecular weight is 724 g/mol. The summed E-state index contributed by atoms with van der Waals surface area (Å²) in [6.07, 6.45) is 1.91.